The topological polar surface area (TPSA) is 127 Å². The van der Waals surface area contributed by atoms with Crippen LogP contribution in [0.3, 0.4) is 0 Å². The van der Waals surface area contributed by atoms with Gasteiger partial charge in [0.05, 0.1) is 47.1 Å². The Morgan fingerprint density at radius 3 is 2.03 bits per heavy atom. The molecule has 0 amide bonds. The molecule has 0 saturated carbocycles. The molecule has 1 aliphatic heterocycles. The molecule has 1 heterocycles. The Bertz CT molecular complexity index is 901. The van der Waals surface area contributed by atoms with E-state index < -0.39 is 12.2 Å². The Kier molecular flexibility index (Phi) is 8.62. The third-order valence-corrected chi connectivity index (χ3v) is 5.70. The van der Waals surface area contributed by atoms with Crippen molar-refractivity contribution in [3.8, 4) is 28.7 Å². The molecule has 0 bridgehead atoms. The zero-order valence-electron chi connectivity index (χ0n) is 19.1. The molecule has 9 nitrogen and oxygen atoms in total. The summed E-state index contributed by atoms with van der Waals surface area (Å²) in [6, 6.07) is 7.31. The zero-order valence-corrected chi connectivity index (χ0v) is 19.1. The summed E-state index contributed by atoms with van der Waals surface area (Å²) in [6.45, 7) is -0.832. The maximum atomic E-state index is 10.3. The smallest absolute Gasteiger partial charge is 0.204 e. The second kappa shape index (κ2) is 11.4. The van der Waals surface area contributed by atoms with Gasteiger partial charge < -0.3 is 44.1 Å². The maximum absolute atomic E-state index is 10.3. The van der Waals surface area contributed by atoms with Crippen LogP contribution in [0.25, 0.3) is 0 Å². The van der Waals surface area contributed by atoms with Gasteiger partial charge in [-0.2, -0.15) is 0 Å². The Labute approximate surface area is 193 Å². The van der Waals surface area contributed by atoms with Crippen LogP contribution in [0.2, 0.25) is 0 Å². The molecule has 0 aromatic heterocycles. The largest absolute Gasteiger partial charge is 0.493 e. The van der Waals surface area contributed by atoms with Gasteiger partial charge in [0.25, 0.3) is 0 Å². The third-order valence-electron chi connectivity index (χ3n) is 5.70. The lowest BCUT2D eigenvalue weighted by atomic mass is 9.90. The fraction of sp³-hybridized carbons (Fsp3) is 0.500. The van der Waals surface area contributed by atoms with Crippen molar-refractivity contribution in [3.05, 3.63) is 41.0 Å². The van der Waals surface area contributed by atoms with Crippen LogP contribution >= 0.6 is 0 Å². The van der Waals surface area contributed by atoms with Gasteiger partial charge >= 0.3 is 0 Å². The number of methoxy groups -OCH3 is 3. The van der Waals surface area contributed by atoms with E-state index in [1.54, 1.807) is 19.2 Å². The molecular formula is C24H32O9. The summed E-state index contributed by atoms with van der Waals surface area (Å²) in [5, 5.41) is 38.2. The Morgan fingerprint density at radius 2 is 1.52 bits per heavy atom. The molecule has 1 aliphatic rings. The van der Waals surface area contributed by atoms with Crippen LogP contribution in [0, 0.1) is 0 Å². The van der Waals surface area contributed by atoms with Crippen LogP contribution in [-0.2, 0) is 6.42 Å². The highest BCUT2D eigenvalue weighted by Crippen LogP contribution is 2.52. The summed E-state index contributed by atoms with van der Waals surface area (Å²) in [5.74, 6) is 1.68. The zero-order chi connectivity index (χ0) is 24.0. The average molecular weight is 465 g/mol. The normalized spacial score (nSPS) is 17.0. The lowest BCUT2D eigenvalue weighted by Gasteiger charge is -2.23. The molecule has 2 aromatic rings. The van der Waals surface area contributed by atoms with Crippen LogP contribution in [-0.4, -0.2) is 74.3 Å². The van der Waals surface area contributed by atoms with Crippen LogP contribution in [0.5, 0.6) is 28.7 Å². The minimum absolute atomic E-state index is 0.0867. The van der Waals surface area contributed by atoms with Crippen LogP contribution in [0.4, 0.5) is 0 Å². The van der Waals surface area contributed by atoms with Gasteiger partial charge in [0.15, 0.2) is 23.0 Å². The lowest BCUT2D eigenvalue weighted by Crippen LogP contribution is -2.25. The number of hydrogen-bond donors (Lipinski definition) is 4. The standard InChI is InChI=1S/C24H32O9/c1-29-19-8-14(5-4-6-25)7-17-18(13-28)22(33-23(17)19)15-9-20(30-2)24(21(10-15)31-3)32-16(11-26)12-27/h7-10,16,18,22,25-28H,4-6,11-13H2,1-3H3. The highest BCUT2D eigenvalue weighted by atomic mass is 16.6. The number of rotatable bonds is 12. The predicted octanol–water partition coefficient (Wildman–Crippen LogP) is 1.58. The van der Waals surface area contributed by atoms with Crippen LogP contribution in [0.1, 0.15) is 35.1 Å². The van der Waals surface area contributed by atoms with Gasteiger partial charge in [0.2, 0.25) is 5.75 Å². The first-order valence-electron chi connectivity index (χ1n) is 10.8. The second-order valence-corrected chi connectivity index (χ2v) is 7.73. The molecule has 33 heavy (non-hydrogen) atoms. The van der Waals surface area contributed by atoms with Crippen molar-refractivity contribution in [2.75, 3.05) is 47.8 Å². The Hall–Kier alpha value is -2.72. The monoisotopic (exact) mass is 464 g/mol. The third kappa shape index (κ3) is 5.11. The van der Waals surface area contributed by atoms with Gasteiger partial charge in [0.1, 0.15) is 12.2 Å². The molecule has 0 spiro atoms. The number of benzene rings is 2. The molecule has 3 rings (SSSR count). The number of hydrogen-bond acceptors (Lipinski definition) is 9. The van der Waals surface area contributed by atoms with E-state index in [0.29, 0.717) is 41.4 Å². The highest BCUT2D eigenvalue weighted by molar-refractivity contribution is 5.58. The fourth-order valence-electron chi connectivity index (χ4n) is 4.01. The average Bonchev–Trinajstić information content (AvgIpc) is 3.23. The molecule has 0 saturated heterocycles. The second-order valence-electron chi connectivity index (χ2n) is 7.73. The van der Waals surface area contributed by atoms with Crippen molar-refractivity contribution < 1.29 is 44.1 Å². The van der Waals surface area contributed by atoms with Crippen LogP contribution in [0.15, 0.2) is 24.3 Å². The summed E-state index contributed by atoms with van der Waals surface area (Å²) in [4.78, 5) is 0. The lowest BCUT2D eigenvalue weighted by molar-refractivity contribution is 0.0587. The SMILES string of the molecule is COc1cc(C2Oc3c(OC)cc(CCCO)cc3C2CO)cc(OC)c1OC(CO)CO. The van der Waals surface area contributed by atoms with Gasteiger partial charge in [-0.15, -0.1) is 0 Å². The molecule has 2 atom stereocenters. The van der Waals surface area contributed by atoms with Gasteiger partial charge in [-0.05, 0) is 36.6 Å². The van der Waals surface area contributed by atoms with E-state index in [2.05, 4.69) is 0 Å². The van der Waals surface area contributed by atoms with Crippen molar-refractivity contribution in [1.82, 2.24) is 0 Å². The molecule has 182 valence electrons. The number of aliphatic hydroxyl groups is 4. The van der Waals surface area contributed by atoms with Gasteiger partial charge in [-0.3, -0.25) is 0 Å². The minimum atomic E-state index is -0.836. The molecule has 2 unspecified atom stereocenters. The van der Waals surface area contributed by atoms with Gasteiger partial charge in [0, 0.05) is 17.7 Å². The minimum Gasteiger partial charge on any atom is -0.493 e. The maximum Gasteiger partial charge on any atom is 0.204 e. The van der Waals surface area contributed by atoms with E-state index in [4.69, 9.17) is 23.7 Å². The van der Waals surface area contributed by atoms with Crippen molar-refractivity contribution >= 4 is 0 Å². The number of fused-ring (bicyclic) bond motifs is 1. The van der Waals surface area contributed by atoms with E-state index in [-0.39, 0.29) is 38.1 Å². The quantitative estimate of drug-likeness (QED) is 0.370. The van der Waals surface area contributed by atoms with Crippen molar-refractivity contribution in [2.45, 2.75) is 31.0 Å². The number of aliphatic hydroxyl groups excluding tert-OH is 4. The van der Waals surface area contributed by atoms with E-state index in [9.17, 15) is 20.4 Å². The highest BCUT2D eigenvalue weighted by Gasteiger charge is 2.38. The summed E-state index contributed by atoms with van der Waals surface area (Å²) in [5.41, 5.74) is 2.50. The van der Waals surface area contributed by atoms with E-state index >= 15 is 0 Å². The summed E-state index contributed by atoms with van der Waals surface area (Å²) in [6.07, 6.45) is -0.0880. The van der Waals surface area contributed by atoms with Crippen LogP contribution < -0.4 is 23.7 Å². The summed E-state index contributed by atoms with van der Waals surface area (Å²) < 4.78 is 28.5. The van der Waals surface area contributed by atoms with Gasteiger partial charge in [-0.25, -0.2) is 0 Å². The summed E-state index contributed by atoms with van der Waals surface area (Å²) >= 11 is 0. The molecule has 2 aromatic carbocycles. The van der Waals surface area contributed by atoms with Crippen molar-refractivity contribution in [3.63, 3.8) is 0 Å². The first kappa shape index (κ1) is 24.9. The van der Waals surface area contributed by atoms with E-state index in [0.717, 1.165) is 11.1 Å². The first-order valence-corrected chi connectivity index (χ1v) is 10.8. The summed E-state index contributed by atoms with van der Waals surface area (Å²) in [7, 11) is 4.51. The first-order chi connectivity index (χ1) is 16.0. The molecular weight excluding hydrogens is 432 g/mol. The molecule has 0 radical (unpaired) electrons. The van der Waals surface area contributed by atoms with Crippen molar-refractivity contribution in [2.24, 2.45) is 0 Å². The van der Waals surface area contributed by atoms with E-state index in [1.165, 1.54) is 14.2 Å². The Morgan fingerprint density at radius 1 is 0.879 bits per heavy atom. The van der Waals surface area contributed by atoms with Crippen molar-refractivity contribution in [1.29, 1.82) is 0 Å². The Balaban J connectivity index is 2.03. The molecule has 0 aliphatic carbocycles. The number of ether oxygens (including phenoxy) is 5. The molecule has 4 N–H and O–H groups in total. The fourth-order valence-corrected chi connectivity index (χ4v) is 4.01. The predicted molar refractivity (Wildman–Crippen MR) is 120 cm³/mol. The van der Waals surface area contributed by atoms with E-state index in [1.807, 2.05) is 12.1 Å². The molecule has 0 fully saturated rings. The number of aryl methyl sites for hydroxylation is 1. The molecule has 9 heteroatoms. The van der Waals surface area contributed by atoms with Gasteiger partial charge in [-0.1, -0.05) is 6.07 Å².